The third-order valence-electron chi connectivity index (χ3n) is 5.56. The van der Waals surface area contributed by atoms with Crippen molar-refractivity contribution in [2.75, 3.05) is 26.4 Å². The van der Waals surface area contributed by atoms with E-state index in [0.717, 1.165) is 18.2 Å². The predicted octanol–water partition coefficient (Wildman–Crippen LogP) is 2.92. The van der Waals surface area contributed by atoms with Gasteiger partial charge < -0.3 is 19.9 Å². The van der Waals surface area contributed by atoms with Crippen molar-refractivity contribution in [1.29, 1.82) is 0 Å². The standard InChI is InChI=1S/C22H24F3NO6/c1-12(2)11-32-16(27)10-26-20(30)17-18(28)14-4-3-13(22(23,24)25)9-15(14)21(19(17)29)5-7-31-8-6-21/h3-4,9,12,28H,5-8,10-11H2,1-2H3,(H,26,30). The topological polar surface area (TPSA) is 102 Å². The number of rotatable bonds is 5. The van der Waals surface area contributed by atoms with Crippen LogP contribution in [0.15, 0.2) is 23.8 Å². The van der Waals surface area contributed by atoms with Gasteiger partial charge in [0.1, 0.15) is 17.9 Å². The predicted molar refractivity (Wildman–Crippen MR) is 107 cm³/mol. The molecule has 1 aromatic rings. The van der Waals surface area contributed by atoms with Crippen molar-refractivity contribution in [2.24, 2.45) is 5.92 Å². The molecule has 1 amide bonds. The number of carbonyl (C=O) groups is 3. The summed E-state index contributed by atoms with van der Waals surface area (Å²) in [5, 5.41) is 12.9. The van der Waals surface area contributed by atoms with Crippen LogP contribution >= 0.6 is 0 Å². The van der Waals surface area contributed by atoms with Crippen molar-refractivity contribution < 1.29 is 42.1 Å². The number of Topliss-reactive ketones (excluding diaryl/α,β-unsaturated/α-hetero) is 1. The van der Waals surface area contributed by atoms with Gasteiger partial charge >= 0.3 is 12.1 Å². The van der Waals surface area contributed by atoms with E-state index in [-0.39, 0.29) is 49.7 Å². The summed E-state index contributed by atoms with van der Waals surface area (Å²) < 4.78 is 50.2. The van der Waals surface area contributed by atoms with Gasteiger partial charge in [0.25, 0.3) is 5.91 Å². The number of hydrogen-bond donors (Lipinski definition) is 2. The first-order valence-electron chi connectivity index (χ1n) is 10.2. The Morgan fingerprint density at radius 3 is 2.50 bits per heavy atom. The zero-order valence-electron chi connectivity index (χ0n) is 17.7. The summed E-state index contributed by atoms with van der Waals surface area (Å²) in [4.78, 5) is 38.0. The Balaban J connectivity index is 1.98. The molecule has 0 saturated carbocycles. The quantitative estimate of drug-likeness (QED) is 0.523. The Hall–Kier alpha value is -2.88. The highest BCUT2D eigenvalue weighted by atomic mass is 19.4. The lowest BCUT2D eigenvalue weighted by Gasteiger charge is -2.40. The monoisotopic (exact) mass is 455 g/mol. The summed E-state index contributed by atoms with van der Waals surface area (Å²) in [7, 11) is 0. The molecule has 174 valence electrons. The van der Waals surface area contributed by atoms with Crippen LogP contribution in [0.5, 0.6) is 0 Å². The smallest absolute Gasteiger partial charge is 0.416 e. The number of aliphatic hydroxyl groups excluding tert-OH is 1. The van der Waals surface area contributed by atoms with Gasteiger partial charge in [-0.15, -0.1) is 0 Å². The maximum Gasteiger partial charge on any atom is 0.416 e. The third kappa shape index (κ3) is 4.50. The van der Waals surface area contributed by atoms with Crippen LogP contribution in [0.25, 0.3) is 5.76 Å². The number of esters is 1. The average Bonchev–Trinajstić information content (AvgIpc) is 2.74. The van der Waals surface area contributed by atoms with E-state index in [4.69, 9.17) is 9.47 Å². The molecular formula is C22H24F3NO6. The molecule has 32 heavy (non-hydrogen) atoms. The lowest BCUT2D eigenvalue weighted by atomic mass is 9.64. The van der Waals surface area contributed by atoms with E-state index in [1.165, 1.54) is 0 Å². The van der Waals surface area contributed by atoms with Gasteiger partial charge in [0.15, 0.2) is 5.78 Å². The molecule has 10 heteroatoms. The van der Waals surface area contributed by atoms with Crippen molar-refractivity contribution in [2.45, 2.75) is 38.3 Å². The Kier molecular flexibility index (Phi) is 6.64. The van der Waals surface area contributed by atoms with E-state index in [2.05, 4.69) is 5.32 Å². The van der Waals surface area contributed by atoms with Gasteiger partial charge in [-0.05, 0) is 36.5 Å². The number of carbonyl (C=O) groups excluding carboxylic acids is 3. The van der Waals surface area contributed by atoms with Crippen LogP contribution in [0.1, 0.15) is 43.4 Å². The molecule has 3 rings (SSSR count). The minimum absolute atomic E-state index is 0.0195. The highest BCUT2D eigenvalue weighted by molar-refractivity contribution is 6.28. The molecule has 0 radical (unpaired) electrons. The molecule has 1 heterocycles. The van der Waals surface area contributed by atoms with Gasteiger partial charge in [0, 0.05) is 18.8 Å². The van der Waals surface area contributed by atoms with Crippen LogP contribution in [0, 0.1) is 5.92 Å². The molecule has 7 nitrogen and oxygen atoms in total. The van der Waals surface area contributed by atoms with Gasteiger partial charge in [-0.25, -0.2) is 0 Å². The van der Waals surface area contributed by atoms with Crippen LogP contribution < -0.4 is 5.32 Å². The van der Waals surface area contributed by atoms with Crippen molar-refractivity contribution in [1.82, 2.24) is 5.32 Å². The van der Waals surface area contributed by atoms with Crippen LogP contribution in [-0.2, 0) is 35.4 Å². The van der Waals surface area contributed by atoms with Crippen LogP contribution in [0.2, 0.25) is 0 Å². The zero-order valence-corrected chi connectivity index (χ0v) is 17.7. The van der Waals surface area contributed by atoms with E-state index in [9.17, 15) is 32.7 Å². The van der Waals surface area contributed by atoms with E-state index in [1.807, 2.05) is 13.8 Å². The molecule has 2 N–H and O–H groups in total. The van der Waals surface area contributed by atoms with Crippen molar-refractivity contribution >= 4 is 23.4 Å². The second-order valence-electron chi connectivity index (χ2n) is 8.26. The summed E-state index contributed by atoms with van der Waals surface area (Å²) in [5.41, 5.74) is -2.98. The van der Waals surface area contributed by atoms with E-state index in [1.54, 1.807) is 0 Å². The molecule has 2 aliphatic rings. The fourth-order valence-electron chi connectivity index (χ4n) is 3.91. The Morgan fingerprint density at radius 1 is 1.25 bits per heavy atom. The van der Waals surface area contributed by atoms with Crippen LogP contribution in [-0.4, -0.2) is 49.1 Å². The summed E-state index contributed by atoms with van der Waals surface area (Å²) >= 11 is 0. The number of alkyl halides is 3. The maximum atomic E-state index is 13.4. The molecule has 1 aliphatic heterocycles. The summed E-state index contributed by atoms with van der Waals surface area (Å²) in [6, 6.07) is 2.70. The number of amides is 1. The molecule has 1 fully saturated rings. The van der Waals surface area contributed by atoms with E-state index in [0.29, 0.717) is 0 Å². The normalized spacial score (nSPS) is 18.0. The number of aliphatic hydroxyl groups is 1. The number of ether oxygens (including phenoxy) is 2. The SMILES string of the molecule is CC(C)COC(=O)CNC(=O)C1=C(O)c2ccc(C(F)(F)F)cc2C2(CCOCC2)C1=O. The molecular weight excluding hydrogens is 431 g/mol. The first-order chi connectivity index (χ1) is 15.0. The molecule has 1 aliphatic carbocycles. The number of ketones is 1. The van der Waals surface area contributed by atoms with E-state index >= 15 is 0 Å². The van der Waals surface area contributed by atoms with E-state index < -0.39 is 52.7 Å². The number of hydrogen-bond acceptors (Lipinski definition) is 6. The number of nitrogens with one attached hydrogen (secondary N) is 1. The number of halogens is 3. The molecule has 1 spiro atoms. The van der Waals surface area contributed by atoms with Gasteiger partial charge in [-0.1, -0.05) is 19.9 Å². The molecule has 0 unspecified atom stereocenters. The first kappa shape index (κ1) is 23.8. The fraction of sp³-hybridized carbons (Fsp3) is 0.500. The van der Waals surface area contributed by atoms with Crippen LogP contribution in [0.4, 0.5) is 13.2 Å². The van der Waals surface area contributed by atoms with Crippen LogP contribution in [0.3, 0.4) is 0 Å². The summed E-state index contributed by atoms with van der Waals surface area (Å²) in [5.74, 6) is -3.13. The average molecular weight is 455 g/mol. The fourth-order valence-corrected chi connectivity index (χ4v) is 3.91. The molecule has 1 saturated heterocycles. The Morgan fingerprint density at radius 2 is 1.91 bits per heavy atom. The molecule has 0 bridgehead atoms. The van der Waals surface area contributed by atoms with Crippen molar-refractivity contribution in [3.05, 3.63) is 40.5 Å². The summed E-state index contributed by atoms with van der Waals surface area (Å²) in [6.07, 6.45) is -4.53. The largest absolute Gasteiger partial charge is 0.506 e. The minimum Gasteiger partial charge on any atom is -0.506 e. The summed E-state index contributed by atoms with van der Waals surface area (Å²) in [6.45, 7) is 3.52. The number of fused-ring (bicyclic) bond motifs is 2. The first-order valence-corrected chi connectivity index (χ1v) is 10.2. The molecule has 0 atom stereocenters. The maximum absolute atomic E-state index is 13.4. The highest BCUT2D eigenvalue weighted by Crippen LogP contribution is 2.47. The van der Waals surface area contributed by atoms with Gasteiger partial charge in [-0.2, -0.15) is 13.2 Å². The van der Waals surface area contributed by atoms with Gasteiger partial charge in [-0.3, -0.25) is 14.4 Å². The lowest BCUT2D eigenvalue weighted by molar-refractivity contribution is -0.145. The van der Waals surface area contributed by atoms with Crippen molar-refractivity contribution in [3.63, 3.8) is 0 Å². The minimum atomic E-state index is -4.64. The highest BCUT2D eigenvalue weighted by Gasteiger charge is 2.51. The Labute approximate surface area is 182 Å². The lowest BCUT2D eigenvalue weighted by Crippen LogP contribution is -2.48. The Bertz CT molecular complexity index is 961. The van der Waals surface area contributed by atoms with Gasteiger partial charge in [0.2, 0.25) is 0 Å². The second-order valence-corrected chi connectivity index (χ2v) is 8.26. The van der Waals surface area contributed by atoms with Gasteiger partial charge in [0.05, 0.1) is 17.6 Å². The van der Waals surface area contributed by atoms with Crippen molar-refractivity contribution in [3.8, 4) is 0 Å². The zero-order chi connectivity index (χ0) is 23.7. The number of benzene rings is 1. The molecule has 1 aromatic carbocycles. The third-order valence-corrected chi connectivity index (χ3v) is 5.56. The second kappa shape index (κ2) is 8.93. The molecule has 0 aromatic heterocycles.